The molecule has 1 unspecified atom stereocenters. The van der Waals surface area contributed by atoms with E-state index in [0.717, 1.165) is 51.4 Å². The van der Waals surface area contributed by atoms with E-state index in [1.165, 1.54) is 25.7 Å². The summed E-state index contributed by atoms with van der Waals surface area (Å²) in [6.07, 6.45) is 17.8. The summed E-state index contributed by atoms with van der Waals surface area (Å²) in [5, 5.41) is 10.3. The van der Waals surface area contributed by atoms with E-state index in [9.17, 15) is 14.7 Å². The lowest BCUT2D eigenvalue weighted by molar-refractivity contribution is -0.119. The molecule has 0 saturated heterocycles. The van der Waals surface area contributed by atoms with Crippen LogP contribution in [0.1, 0.15) is 104 Å². The molecule has 1 rings (SSSR count). The SMILES string of the molecule is CCCCCCCC(=O)CCC1CC[C@H](O)[C@@H]1C/C=C\CCCC(C)=O. The highest BCUT2D eigenvalue weighted by molar-refractivity contribution is 5.78. The van der Waals surface area contributed by atoms with Crippen LogP contribution >= 0.6 is 0 Å². The van der Waals surface area contributed by atoms with Gasteiger partial charge in [0, 0.05) is 19.3 Å². The Hall–Kier alpha value is -0.960. The lowest BCUT2D eigenvalue weighted by Gasteiger charge is -2.20. The molecule has 1 fully saturated rings. The second-order valence-corrected chi connectivity index (χ2v) is 8.11. The molecule has 0 heterocycles. The third kappa shape index (κ3) is 10.3. The minimum absolute atomic E-state index is 0.217. The Labute approximate surface area is 160 Å². The van der Waals surface area contributed by atoms with E-state index in [-0.39, 0.29) is 11.9 Å². The second-order valence-electron chi connectivity index (χ2n) is 8.11. The van der Waals surface area contributed by atoms with Gasteiger partial charge in [0.1, 0.15) is 11.6 Å². The van der Waals surface area contributed by atoms with Gasteiger partial charge in [0.15, 0.2) is 0 Å². The molecule has 1 N–H and O–H groups in total. The Morgan fingerprint density at radius 1 is 0.962 bits per heavy atom. The summed E-state index contributed by atoms with van der Waals surface area (Å²) in [6.45, 7) is 3.84. The molecule has 26 heavy (non-hydrogen) atoms. The van der Waals surface area contributed by atoms with Gasteiger partial charge in [0.05, 0.1) is 6.10 Å². The van der Waals surface area contributed by atoms with Crippen LogP contribution in [0.2, 0.25) is 0 Å². The molecule has 0 aromatic rings. The molecule has 0 aromatic carbocycles. The van der Waals surface area contributed by atoms with Crippen LogP contribution in [0.3, 0.4) is 0 Å². The zero-order chi connectivity index (χ0) is 19.2. The van der Waals surface area contributed by atoms with Gasteiger partial charge < -0.3 is 9.90 Å². The number of Topliss-reactive ketones (excluding diaryl/α,β-unsaturated/α-hetero) is 2. The quantitative estimate of drug-likeness (QED) is 0.295. The van der Waals surface area contributed by atoms with Gasteiger partial charge >= 0.3 is 0 Å². The zero-order valence-electron chi connectivity index (χ0n) is 17.0. The summed E-state index contributed by atoms with van der Waals surface area (Å²) in [4.78, 5) is 23.0. The Morgan fingerprint density at radius 2 is 1.73 bits per heavy atom. The molecule has 1 saturated carbocycles. The van der Waals surface area contributed by atoms with Crippen molar-refractivity contribution in [2.24, 2.45) is 11.8 Å². The van der Waals surface area contributed by atoms with E-state index < -0.39 is 0 Å². The number of carbonyl (C=O) groups is 2. The van der Waals surface area contributed by atoms with E-state index in [1.54, 1.807) is 6.92 Å². The minimum Gasteiger partial charge on any atom is -0.393 e. The first-order valence-electron chi connectivity index (χ1n) is 10.9. The van der Waals surface area contributed by atoms with Crippen LogP contribution in [-0.4, -0.2) is 22.8 Å². The maximum Gasteiger partial charge on any atom is 0.132 e. The maximum atomic E-state index is 12.1. The number of hydrogen-bond acceptors (Lipinski definition) is 3. The molecule has 150 valence electrons. The predicted octanol–water partition coefficient (Wildman–Crippen LogP) is 5.79. The van der Waals surface area contributed by atoms with E-state index in [0.29, 0.717) is 30.5 Å². The third-order valence-corrected chi connectivity index (χ3v) is 5.76. The molecule has 3 heteroatoms. The van der Waals surface area contributed by atoms with Crippen LogP contribution in [0.4, 0.5) is 0 Å². The lowest BCUT2D eigenvalue weighted by Crippen LogP contribution is -2.19. The van der Waals surface area contributed by atoms with Gasteiger partial charge in [-0.2, -0.15) is 0 Å². The molecule has 0 bridgehead atoms. The van der Waals surface area contributed by atoms with Crippen molar-refractivity contribution in [1.82, 2.24) is 0 Å². The number of aliphatic hydroxyl groups excluding tert-OH is 1. The highest BCUT2D eigenvalue weighted by atomic mass is 16.3. The first-order valence-corrected chi connectivity index (χ1v) is 10.9. The molecule has 1 aliphatic carbocycles. The van der Waals surface area contributed by atoms with E-state index >= 15 is 0 Å². The lowest BCUT2D eigenvalue weighted by atomic mass is 9.87. The fourth-order valence-corrected chi connectivity index (χ4v) is 4.07. The fourth-order valence-electron chi connectivity index (χ4n) is 4.07. The summed E-state index contributed by atoms with van der Waals surface area (Å²) in [7, 11) is 0. The van der Waals surface area contributed by atoms with Gasteiger partial charge in [-0.25, -0.2) is 0 Å². The van der Waals surface area contributed by atoms with Gasteiger partial charge in [-0.1, -0.05) is 44.8 Å². The summed E-state index contributed by atoms with van der Waals surface area (Å²) in [6, 6.07) is 0. The summed E-state index contributed by atoms with van der Waals surface area (Å²) < 4.78 is 0. The Morgan fingerprint density at radius 3 is 2.46 bits per heavy atom. The van der Waals surface area contributed by atoms with Crippen molar-refractivity contribution in [2.45, 2.75) is 110 Å². The van der Waals surface area contributed by atoms with Gasteiger partial charge in [0.25, 0.3) is 0 Å². The van der Waals surface area contributed by atoms with Crippen LogP contribution in [0.5, 0.6) is 0 Å². The van der Waals surface area contributed by atoms with Gasteiger partial charge in [-0.15, -0.1) is 0 Å². The van der Waals surface area contributed by atoms with E-state index in [1.807, 2.05) is 0 Å². The van der Waals surface area contributed by atoms with Crippen molar-refractivity contribution < 1.29 is 14.7 Å². The number of unbranched alkanes of at least 4 members (excludes halogenated alkanes) is 5. The number of rotatable bonds is 15. The molecule has 1 aliphatic rings. The van der Waals surface area contributed by atoms with E-state index in [4.69, 9.17) is 0 Å². The number of carbonyl (C=O) groups excluding carboxylic acids is 2. The maximum absolute atomic E-state index is 12.1. The van der Waals surface area contributed by atoms with Crippen LogP contribution < -0.4 is 0 Å². The van der Waals surface area contributed by atoms with Gasteiger partial charge in [0.2, 0.25) is 0 Å². The van der Waals surface area contributed by atoms with Gasteiger partial charge in [-0.3, -0.25) is 4.79 Å². The van der Waals surface area contributed by atoms with Crippen molar-refractivity contribution >= 4 is 11.6 Å². The predicted molar refractivity (Wildman–Crippen MR) is 108 cm³/mol. The molecule has 3 atom stereocenters. The van der Waals surface area contributed by atoms with Crippen molar-refractivity contribution in [3.05, 3.63) is 12.2 Å². The Bertz CT molecular complexity index is 427. The first kappa shape index (κ1) is 23.1. The third-order valence-electron chi connectivity index (χ3n) is 5.76. The smallest absolute Gasteiger partial charge is 0.132 e. The number of allylic oxidation sites excluding steroid dienone is 2. The normalized spacial score (nSPS) is 23.0. The summed E-state index contributed by atoms with van der Waals surface area (Å²) in [5.41, 5.74) is 0. The molecule has 0 radical (unpaired) electrons. The van der Waals surface area contributed by atoms with Crippen molar-refractivity contribution in [3.8, 4) is 0 Å². The molecule has 0 aromatic heterocycles. The van der Waals surface area contributed by atoms with Crippen molar-refractivity contribution in [3.63, 3.8) is 0 Å². The Balaban J connectivity index is 2.22. The van der Waals surface area contributed by atoms with Crippen LogP contribution in [0, 0.1) is 11.8 Å². The molecule has 0 spiro atoms. The molecule has 0 aliphatic heterocycles. The largest absolute Gasteiger partial charge is 0.393 e. The molecular formula is C23H40O3. The molecule has 3 nitrogen and oxygen atoms in total. The van der Waals surface area contributed by atoms with Gasteiger partial charge in [-0.05, 0) is 63.7 Å². The standard InChI is InChI=1S/C23H40O3/c1-3-4-5-6-10-13-21(25)17-15-20-16-18-23(26)22(20)14-11-8-7-9-12-19(2)24/h8,11,20,22-23,26H,3-7,9-10,12-18H2,1-2H3/b11-8-/t20?,22-,23+/m1/s1. The molecule has 0 amide bonds. The van der Waals surface area contributed by atoms with Crippen LogP contribution in [0.15, 0.2) is 12.2 Å². The topological polar surface area (TPSA) is 54.4 Å². The average molecular weight is 365 g/mol. The second kappa shape index (κ2) is 14.1. The molecular weight excluding hydrogens is 324 g/mol. The number of hydrogen-bond donors (Lipinski definition) is 1. The monoisotopic (exact) mass is 364 g/mol. The highest BCUT2D eigenvalue weighted by Gasteiger charge is 2.33. The van der Waals surface area contributed by atoms with Crippen molar-refractivity contribution in [1.29, 1.82) is 0 Å². The average Bonchev–Trinajstić information content (AvgIpc) is 2.95. The summed E-state index contributed by atoms with van der Waals surface area (Å²) >= 11 is 0. The van der Waals surface area contributed by atoms with Crippen molar-refractivity contribution in [2.75, 3.05) is 0 Å². The minimum atomic E-state index is -0.217. The Kier molecular flexibility index (Phi) is 12.6. The fraction of sp³-hybridized carbons (Fsp3) is 0.826. The first-order chi connectivity index (χ1) is 12.5. The van der Waals surface area contributed by atoms with Crippen LogP contribution in [0.25, 0.3) is 0 Å². The summed E-state index contributed by atoms with van der Waals surface area (Å²) in [5.74, 6) is 1.44. The zero-order valence-corrected chi connectivity index (χ0v) is 17.0. The highest BCUT2D eigenvalue weighted by Crippen LogP contribution is 2.37. The number of aliphatic hydroxyl groups is 1. The van der Waals surface area contributed by atoms with Crippen LogP contribution in [-0.2, 0) is 9.59 Å². The van der Waals surface area contributed by atoms with E-state index in [2.05, 4.69) is 19.1 Å². The number of ketones is 2.